The minimum atomic E-state index is -3.29. The summed E-state index contributed by atoms with van der Waals surface area (Å²) in [5.74, 6) is -1.38. The molecule has 7 nitrogen and oxygen atoms in total. The SMILES string of the molecule is O=[N+]([O-])c1ccc(CSC2=N[C@H]3CS(=O)(=O)C[C@@H]3N2c2ccc(F)cc2F)cc1. The number of amidine groups is 1. The van der Waals surface area contributed by atoms with E-state index in [9.17, 15) is 27.3 Å². The third kappa shape index (κ3) is 3.97. The molecule has 2 aromatic rings. The molecule has 4 rings (SSSR count). The zero-order valence-electron chi connectivity index (χ0n) is 14.9. The molecule has 2 atom stereocenters. The molecule has 0 N–H and O–H groups in total. The summed E-state index contributed by atoms with van der Waals surface area (Å²) < 4.78 is 51.8. The highest BCUT2D eigenvalue weighted by Crippen LogP contribution is 2.37. The maximum atomic E-state index is 14.4. The molecule has 2 aliphatic rings. The summed E-state index contributed by atoms with van der Waals surface area (Å²) in [6.45, 7) is 0. The fourth-order valence-electron chi connectivity index (χ4n) is 3.45. The van der Waals surface area contributed by atoms with Crippen molar-refractivity contribution in [3.8, 4) is 0 Å². The summed E-state index contributed by atoms with van der Waals surface area (Å²) in [5.41, 5.74) is 0.852. The van der Waals surface area contributed by atoms with Gasteiger partial charge in [-0.15, -0.1) is 0 Å². The first kappa shape index (κ1) is 19.8. The number of non-ortho nitro benzene ring substituents is 1. The maximum Gasteiger partial charge on any atom is 0.269 e. The van der Waals surface area contributed by atoms with E-state index in [0.29, 0.717) is 10.9 Å². The first-order valence-corrected chi connectivity index (χ1v) is 11.4. The highest BCUT2D eigenvalue weighted by molar-refractivity contribution is 8.13. The zero-order chi connectivity index (χ0) is 20.8. The van der Waals surface area contributed by atoms with E-state index in [4.69, 9.17) is 0 Å². The van der Waals surface area contributed by atoms with Crippen LogP contribution in [0.25, 0.3) is 0 Å². The Labute approximate surface area is 169 Å². The fraction of sp³-hybridized carbons (Fsp3) is 0.278. The molecular formula is C18H15F2N3O4S2. The number of halogens is 2. The van der Waals surface area contributed by atoms with Gasteiger partial charge in [0.25, 0.3) is 5.69 Å². The second-order valence-corrected chi connectivity index (χ2v) is 9.90. The lowest BCUT2D eigenvalue weighted by Crippen LogP contribution is -2.39. The number of fused-ring (bicyclic) bond motifs is 1. The Kier molecular flexibility index (Phi) is 5.03. The van der Waals surface area contributed by atoms with Crippen LogP contribution in [0.4, 0.5) is 20.2 Å². The van der Waals surface area contributed by atoms with Crippen LogP contribution in [0.2, 0.25) is 0 Å². The van der Waals surface area contributed by atoms with Crippen molar-refractivity contribution in [3.05, 3.63) is 69.8 Å². The smallest absolute Gasteiger partial charge is 0.269 e. The lowest BCUT2D eigenvalue weighted by molar-refractivity contribution is -0.384. The lowest BCUT2D eigenvalue weighted by atomic mass is 10.1. The molecule has 0 bridgehead atoms. The number of nitrogens with zero attached hydrogens (tertiary/aromatic N) is 3. The first-order chi connectivity index (χ1) is 13.7. The molecule has 0 saturated carbocycles. The number of nitro groups is 1. The van der Waals surface area contributed by atoms with Crippen LogP contribution in [0.3, 0.4) is 0 Å². The minimum Gasteiger partial charge on any atom is -0.312 e. The molecule has 0 spiro atoms. The Morgan fingerprint density at radius 1 is 1.17 bits per heavy atom. The van der Waals surface area contributed by atoms with E-state index in [1.54, 1.807) is 12.1 Å². The molecule has 2 aliphatic heterocycles. The van der Waals surface area contributed by atoms with Crippen LogP contribution in [-0.4, -0.2) is 42.1 Å². The van der Waals surface area contributed by atoms with Gasteiger partial charge in [0.15, 0.2) is 15.0 Å². The largest absolute Gasteiger partial charge is 0.312 e. The molecule has 0 unspecified atom stereocenters. The molecule has 1 saturated heterocycles. The molecule has 152 valence electrons. The molecule has 0 amide bonds. The highest BCUT2D eigenvalue weighted by atomic mass is 32.2. The topological polar surface area (TPSA) is 92.9 Å². The van der Waals surface area contributed by atoms with E-state index in [-0.39, 0.29) is 22.9 Å². The van der Waals surface area contributed by atoms with Gasteiger partial charge >= 0.3 is 0 Å². The Hall–Kier alpha value is -2.53. The van der Waals surface area contributed by atoms with Crippen molar-refractivity contribution in [2.75, 3.05) is 16.4 Å². The molecule has 0 aliphatic carbocycles. The molecule has 0 radical (unpaired) electrons. The van der Waals surface area contributed by atoms with Crippen LogP contribution in [0.15, 0.2) is 47.5 Å². The average Bonchev–Trinajstić information content (AvgIpc) is 3.12. The van der Waals surface area contributed by atoms with Crippen molar-refractivity contribution >= 4 is 38.1 Å². The van der Waals surface area contributed by atoms with Gasteiger partial charge in [-0.05, 0) is 17.7 Å². The third-order valence-corrected chi connectivity index (χ3v) is 7.53. The van der Waals surface area contributed by atoms with E-state index in [2.05, 4.69) is 4.99 Å². The van der Waals surface area contributed by atoms with Gasteiger partial charge in [-0.3, -0.25) is 15.1 Å². The van der Waals surface area contributed by atoms with Gasteiger partial charge < -0.3 is 4.90 Å². The quantitative estimate of drug-likeness (QED) is 0.537. The van der Waals surface area contributed by atoms with E-state index in [1.807, 2.05) is 0 Å². The predicted octanol–water partition coefficient (Wildman–Crippen LogP) is 3.15. The number of sulfone groups is 1. The molecule has 0 aromatic heterocycles. The number of rotatable bonds is 4. The van der Waals surface area contributed by atoms with Gasteiger partial charge in [-0.2, -0.15) is 0 Å². The Morgan fingerprint density at radius 3 is 2.55 bits per heavy atom. The molecule has 11 heteroatoms. The van der Waals surface area contributed by atoms with Crippen LogP contribution in [0, 0.1) is 21.7 Å². The summed E-state index contributed by atoms with van der Waals surface area (Å²) in [5, 5.41) is 11.2. The van der Waals surface area contributed by atoms with E-state index in [0.717, 1.165) is 17.7 Å². The molecule has 1 fully saturated rings. The second kappa shape index (κ2) is 7.38. The van der Waals surface area contributed by atoms with Crippen molar-refractivity contribution < 1.29 is 22.1 Å². The normalized spacial score (nSPS) is 22.4. The van der Waals surface area contributed by atoms with E-state index >= 15 is 0 Å². The number of aliphatic imine (C=N–C) groups is 1. The van der Waals surface area contributed by atoms with Crippen LogP contribution in [0.5, 0.6) is 0 Å². The van der Waals surface area contributed by atoms with E-state index in [1.165, 1.54) is 34.9 Å². The monoisotopic (exact) mass is 439 g/mol. The second-order valence-electron chi connectivity index (χ2n) is 6.80. The van der Waals surface area contributed by atoms with Gasteiger partial charge in [0.2, 0.25) is 0 Å². The Bertz CT molecular complexity index is 1110. The third-order valence-electron chi connectivity index (χ3n) is 4.79. The van der Waals surface area contributed by atoms with Crippen LogP contribution < -0.4 is 4.90 Å². The summed E-state index contributed by atoms with van der Waals surface area (Å²) >= 11 is 1.27. The van der Waals surface area contributed by atoms with Gasteiger partial charge in [0, 0.05) is 24.0 Å². The van der Waals surface area contributed by atoms with Crippen molar-refractivity contribution in [3.63, 3.8) is 0 Å². The fourth-order valence-corrected chi connectivity index (χ4v) is 6.37. The highest BCUT2D eigenvalue weighted by Gasteiger charge is 2.47. The number of nitro benzene ring substituents is 1. The Morgan fingerprint density at radius 2 is 1.90 bits per heavy atom. The van der Waals surface area contributed by atoms with Crippen molar-refractivity contribution in [2.45, 2.75) is 17.8 Å². The van der Waals surface area contributed by atoms with Crippen molar-refractivity contribution in [1.82, 2.24) is 0 Å². The van der Waals surface area contributed by atoms with Crippen LogP contribution >= 0.6 is 11.8 Å². The van der Waals surface area contributed by atoms with Crippen molar-refractivity contribution in [1.29, 1.82) is 0 Å². The number of benzene rings is 2. The Balaban J connectivity index is 1.60. The lowest BCUT2D eigenvalue weighted by Gasteiger charge is -2.26. The summed E-state index contributed by atoms with van der Waals surface area (Å²) in [7, 11) is -3.29. The summed E-state index contributed by atoms with van der Waals surface area (Å²) in [4.78, 5) is 16.3. The predicted molar refractivity (Wildman–Crippen MR) is 107 cm³/mol. The minimum absolute atomic E-state index is 0.0216. The number of anilines is 1. The van der Waals surface area contributed by atoms with E-state index < -0.39 is 38.5 Å². The maximum absolute atomic E-state index is 14.4. The first-order valence-electron chi connectivity index (χ1n) is 8.62. The molecule has 29 heavy (non-hydrogen) atoms. The number of hydrogen-bond acceptors (Lipinski definition) is 7. The van der Waals surface area contributed by atoms with Gasteiger partial charge in [-0.1, -0.05) is 23.9 Å². The molecule has 2 aromatic carbocycles. The van der Waals surface area contributed by atoms with Crippen molar-refractivity contribution in [2.24, 2.45) is 4.99 Å². The summed E-state index contributed by atoms with van der Waals surface area (Å²) in [6, 6.07) is 8.13. The average molecular weight is 439 g/mol. The molecule has 2 heterocycles. The van der Waals surface area contributed by atoms with Crippen LogP contribution in [-0.2, 0) is 15.6 Å². The van der Waals surface area contributed by atoms with Crippen LogP contribution in [0.1, 0.15) is 5.56 Å². The zero-order valence-corrected chi connectivity index (χ0v) is 16.5. The van der Waals surface area contributed by atoms with Gasteiger partial charge in [0.1, 0.15) is 11.6 Å². The standard InChI is InChI=1S/C18H15F2N3O4S2/c19-12-3-6-16(14(20)7-12)22-17-10-29(26,27)9-15(17)21-18(22)28-8-11-1-4-13(5-2-11)23(24)25/h1-7,15,17H,8-10H2/t15-,17-/m0/s1. The summed E-state index contributed by atoms with van der Waals surface area (Å²) in [6.07, 6.45) is 0. The molecular weight excluding hydrogens is 424 g/mol. The number of hydrogen-bond donors (Lipinski definition) is 0. The number of thioether (sulfide) groups is 1. The van der Waals surface area contributed by atoms with Gasteiger partial charge in [-0.25, -0.2) is 17.2 Å². The van der Waals surface area contributed by atoms with Gasteiger partial charge in [0.05, 0.1) is 34.2 Å².